The molecule has 9 rings (SSSR count). The first-order valence-electron chi connectivity index (χ1n) is 20.6. The molecule has 2 nitrogen and oxygen atoms in total. The first kappa shape index (κ1) is 40.7. The van der Waals surface area contributed by atoms with Crippen LogP contribution in [-0.2, 0) is 25.5 Å². The zero-order chi connectivity index (χ0) is 41.5. The molecule has 0 bridgehead atoms. The molecule has 1 radical (unpaired) electrons. The Bertz CT molecular complexity index is 2950. The molecule has 0 fully saturated rings. The van der Waals surface area contributed by atoms with Crippen LogP contribution in [0.4, 0.5) is 0 Å². The second-order valence-corrected chi connectivity index (χ2v) is 23.3. The number of fused-ring (bicyclic) bond motifs is 4. The van der Waals surface area contributed by atoms with Gasteiger partial charge in [0.15, 0.2) is 0 Å². The molecule has 1 unspecified atom stereocenters. The Hall–Kier alpha value is -5.03. The van der Waals surface area contributed by atoms with E-state index in [1.807, 2.05) is 54.8 Å². The van der Waals surface area contributed by atoms with Crippen LogP contribution in [0.1, 0.15) is 57.2 Å². The van der Waals surface area contributed by atoms with Gasteiger partial charge >= 0.3 is 0 Å². The molecule has 59 heavy (non-hydrogen) atoms. The van der Waals surface area contributed by atoms with Crippen molar-refractivity contribution in [2.24, 2.45) is 0 Å². The van der Waals surface area contributed by atoms with Crippen LogP contribution in [0.5, 0.6) is 0 Å². The molecule has 0 aliphatic rings. The van der Waals surface area contributed by atoms with Crippen molar-refractivity contribution in [3.05, 3.63) is 186 Å². The molecule has 3 heterocycles. The van der Waals surface area contributed by atoms with E-state index in [4.69, 9.17) is 4.98 Å². The number of nitrogens with zero attached hydrogens (tertiary/aromatic N) is 2. The van der Waals surface area contributed by atoms with E-state index in [1.165, 1.54) is 53.0 Å². The van der Waals surface area contributed by atoms with Gasteiger partial charge in [-0.25, -0.2) is 0 Å². The smallest absolute Gasteiger partial charge is 0.0798 e. The maximum atomic E-state index is 9.49. The van der Waals surface area contributed by atoms with E-state index in [0.29, 0.717) is 0 Å². The summed E-state index contributed by atoms with van der Waals surface area (Å²) < 4.78 is 11.9. The molecule has 1 atom stereocenters. The summed E-state index contributed by atoms with van der Waals surface area (Å²) >= 11 is 1.82. The van der Waals surface area contributed by atoms with Crippen LogP contribution in [-0.4, -0.2) is 18.0 Å². The predicted octanol–water partition coefficient (Wildman–Crippen LogP) is 14.6. The van der Waals surface area contributed by atoms with E-state index in [1.54, 1.807) is 0 Å². The summed E-state index contributed by atoms with van der Waals surface area (Å²) in [5, 5.41) is 6.27. The van der Waals surface area contributed by atoms with Crippen molar-refractivity contribution in [1.82, 2.24) is 9.97 Å². The fourth-order valence-electron chi connectivity index (χ4n) is 7.76. The average Bonchev–Trinajstić information content (AvgIpc) is 3.62. The summed E-state index contributed by atoms with van der Waals surface area (Å²) in [6.45, 7) is 18.0. The number of aromatic nitrogens is 2. The Balaban J connectivity index is 0.000000255. The van der Waals surface area contributed by atoms with Crippen molar-refractivity contribution < 1.29 is 21.5 Å². The van der Waals surface area contributed by atoms with Crippen LogP contribution < -0.4 is 5.19 Å². The summed E-state index contributed by atoms with van der Waals surface area (Å²) in [7, 11) is -1.27. The van der Waals surface area contributed by atoms with Gasteiger partial charge in [0.05, 0.1) is 8.07 Å². The number of hydrogen-bond acceptors (Lipinski definition) is 3. The quantitative estimate of drug-likeness (QED) is 0.123. The minimum Gasteiger partial charge on any atom is -0.305 e. The minimum absolute atomic E-state index is 0. The Labute approximate surface area is 370 Å². The second kappa shape index (κ2) is 17.3. The van der Waals surface area contributed by atoms with Crippen LogP contribution in [0.2, 0.25) is 19.6 Å². The van der Waals surface area contributed by atoms with Gasteiger partial charge in [0, 0.05) is 44.5 Å². The Morgan fingerprint density at radius 2 is 1.46 bits per heavy atom. The van der Waals surface area contributed by atoms with Crippen molar-refractivity contribution in [1.29, 1.82) is 0 Å². The topological polar surface area (TPSA) is 25.8 Å². The van der Waals surface area contributed by atoms with Crippen LogP contribution in [0, 0.1) is 19.1 Å². The first-order chi connectivity index (χ1) is 28.2. The third-order valence-corrected chi connectivity index (χ3v) is 14.3. The van der Waals surface area contributed by atoms with Gasteiger partial charge in [-0.15, -0.1) is 53.6 Å². The molecule has 0 aliphatic heterocycles. The maximum absolute atomic E-state index is 9.49. The van der Waals surface area contributed by atoms with Gasteiger partial charge in [0.25, 0.3) is 0 Å². The van der Waals surface area contributed by atoms with E-state index in [-0.39, 0.29) is 25.5 Å². The third-order valence-electron chi connectivity index (χ3n) is 11.0. The standard InChI is InChI=1S/C39H32NS.C15H18NSi.Ir/c1-25(28-15-14-26-10-8-9-13-30(26)22-28)29-20-21-40-35(23-29)33-19-18-32(27-11-6-5-7-12-27)37-34-17-16-31(39(2,3)4)24-36(34)41-38(33)37;1-12-10-14(13-8-6-5-7-9-13)16-11-15(12)17(2,3)4;/h5-18,20-25H,1-4H3;5-8,10-11H,1-4H3;/q2*-1;/i25D;;. The number of hydrogen-bond donors (Lipinski definition) is 0. The summed E-state index contributed by atoms with van der Waals surface area (Å²) in [5.74, 6) is -0.938. The summed E-state index contributed by atoms with van der Waals surface area (Å²) in [4.78, 5) is 9.42. The van der Waals surface area contributed by atoms with Crippen molar-refractivity contribution in [2.75, 3.05) is 0 Å². The molecule has 9 aromatic rings. The molecule has 0 amide bonds. The molecule has 3 aromatic heterocycles. The van der Waals surface area contributed by atoms with Gasteiger partial charge in [-0.3, -0.25) is 0 Å². The largest absolute Gasteiger partial charge is 0.305 e. The first-order valence-corrected chi connectivity index (χ1v) is 24.4. The normalized spacial score (nSPS) is 13.0. The monoisotopic (exact) mass is 980 g/mol. The van der Waals surface area contributed by atoms with Gasteiger partial charge in [0.1, 0.15) is 0 Å². The SMILES string of the molecule is Cc1cc(-c2[c-]cccc2)ncc1[Si](C)(C)C.[2H]C(C)(c1ccnc(-c2[c-]cc(-c3ccccc3)c3c2sc2cc(C(C)(C)C)ccc23)c1)c1ccc2ccccc2c1.[Ir]. The number of benzene rings is 6. The number of thiophene rings is 1. The van der Waals surface area contributed by atoms with E-state index in [9.17, 15) is 1.37 Å². The fraction of sp³-hybridized carbons (Fsp3) is 0.185. The van der Waals surface area contributed by atoms with Crippen molar-refractivity contribution in [3.8, 4) is 33.6 Å². The second-order valence-electron chi connectivity index (χ2n) is 17.2. The van der Waals surface area contributed by atoms with Crippen LogP contribution in [0.15, 0.2) is 152 Å². The van der Waals surface area contributed by atoms with E-state index < -0.39 is 14.0 Å². The van der Waals surface area contributed by atoms with E-state index in [2.05, 4.69) is 180 Å². The van der Waals surface area contributed by atoms with Crippen LogP contribution >= 0.6 is 11.3 Å². The predicted molar refractivity (Wildman–Crippen MR) is 253 cm³/mol. The van der Waals surface area contributed by atoms with Gasteiger partial charge in [-0.2, -0.15) is 11.3 Å². The molecule has 0 saturated heterocycles. The minimum atomic E-state index is -1.27. The van der Waals surface area contributed by atoms with Crippen molar-refractivity contribution in [2.45, 2.75) is 65.6 Å². The average molecular weight is 980 g/mol. The molecular weight excluding hydrogens is 929 g/mol. The summed E-state index contributed by atoms with van der Waals surface area (Å²) in [6.07, 6.45) is 3.89. The fourth-order valence-corrected chi connectivity index (χ4v) is 10.7. The third kappa shape index (κ3) is 8.95. The molecule has 297 valence electrons. The zero-order valence-corrected chi connectivity index (χ0v) is 39.3. The van der Waals surface area contributed by atoms with Crippen molar-refractivity contribution >= 4 is 55.5 Å². The van der Waals surface area contributed by atoms with Gasteiger partial charge in [-0.1, -0.05) is 166 Å². The van der Waals surface area contributed by atoms with Gasteiger partial charge in [-0.05, 0) is 78.6 Å². The van der Waals surface area contributed by atoms with Crippen molar-refractivity contribution in [3.63, 3.8) is 0 Å². The molecule has 6 aromatic carbocycles. The summed E-state index contributed by atoms with van der Waals surface area (Å²) in [6, 6.07) is 55.3. The van der Waals surface area contributed by atoms with E-state index in [0.717, 1.165) is 39.0 Å². The van der Waals surface area contributed by atoms with E-state index >= 15 is 0 Å². The Morgan fingerprint density at radius 1 is 0.729 bits per heavy atom. The molecule has 0 spiro atoms. The molecular formula is C54H50IrN2SSi-2. The molecule has 0 N–H and O–H groups in total. The molecule has 5 heteroatoms. The Morgan fingerprint density at radius 3 is 2.17 bits per heavy atom. The van der Waals surface area contributed by atoms with Crippen LogP contribution in [0.25, 0.3) is 64.6 Å². The number of aryl methyl sites for hydroxylation is 1. The number of pyridine rings is 2. The molecule has 0 saturated carbocycles. The van der Waals surface area contributed by atoms with Gasteiger partial charge < -0.3 is 9.97 Å². The summed E-state index contributed by atoms with van der Waals surface area (Å²) in [5.41, 5.74) is 10.9. The number of rotatable bonds is 6. The van der Waals surface area contributed by atoms with Crippen LogP contribution in [0.3, 0.4) is 0 Å². The Kier molecular flexibility index (Phi) is 11.9. The van der Waals surface area contributed by atoms with Gasteiger partial charge in [0.2, 0.25) is 0 Å². The molecule has 0 aliphatic carbocycles. The maximum Gasteiger partial charge on any atom is 0.0798 e. The zero-order valence-electron chi connectivity index (χ0n) is 36.1.